The van der Waals surface area contributed by atoms with Gasteiger partial charge < -0.3 is 14.4 Å². The standard InChI is InChI=1S/C20H27NO4S/c1-7-24-19(23)17(26-15-11-9-8-10-12-15)14-13-16(21(5)6)18(22)25-20(2,3)4/h8-14H,7H2,1-6H3. The first-order valence-electron chi connectivity index (χ1n) is 8.36. The van der Waals surface area contributed by atoms with Crippen LogP contribution in [-0.4, -0.2) is 43.1 Å². The third-order valence-electron chi connectivity index (χ3n) is 2.93. The number of hydrogen-bond donors (Lipinski definition) is 0. The second kappa shape index (κ2) is 10.1. The van der Waals surface area contributed by atoms with Crippen LogP contribution in [0.3, 0.4) is 0 Å². The van der Waals surface area contributed by atoms with E-state index in [4.69, 9.17) is 9.47 Å². The first-order valence-corrected chi connectivity index (χ1v) is 9.18. The Hall–Kier alpha value is -2.21. The zero-order valence-electron chi connectivity index (χ0n) is 16.2. The van der Waals surface area contributed by atoms with E-state index in [-0.39, 0.29) is 6.61 Å². The maximum Gasteiger partial charge on any atom is 0.355 e. The van der Waals surface area contributed by atoms with Crippen LogP contribution in [0.1, 0.15) is 27.7 Å². The molecule has 0 spiro atoms. The minimum atomic E-state index is -0.599. The predicted molar refractivity (Wildman–Crippen MR) is 105 cm³/mol. The highest BCUT2D eigenvalue weighted by Gasteiger charge is 2.21. The van der Waals surface area contributed by atoms with E-state index in [0.29, 0.717) is 10.6 Å². The van der Waals surface area contributed by atoms with Crippen molar-refractivity contribution in [2.75, 3.05) is 20.7 Å². The molecule has 0 saturated heterocycles. The number of nitrogens with zero attached hydrogens (tertiary/aromatic N) is 1. The van der Waals surface area contributed by atoms with Gasteiger partial charge in [-0.1, -0.05) is 30.0 Å². The van der Waals surface area contributed by atoms with Gasteiger partial charge in [-0.15, -0.1) is 0 Å². The van der Waals surface area contributed by atoms with Crippen LogP contribution in [0.2, 0.25) is 0 Å². The lowest BCUT2D eigenvalue weighted by Gasteiger charge is -2.23. The first kappa shape index (κ1) is 21.8. The maximum atomic E-state index is 12.4. The van der Waals surface area contributed by atoms with E-state index in [2.05, 4.69) is 0 Å². The average molecular weight is 378 g/mol. The number of allylic oxidation sites excluding steroid dienone is 2. The van der Waals surface area contributed by atoms with Gasteiger partial charge in [-0.25, -0.2) is 9.59 Å². The molecule has 0 fully saturated rings. The Bertz CT molecular complexity index is 673. The summed E-state index contributed by atoms with van der Waals surface area (Å²) in [4.78, 5) is 27.6. The number of carbonyl (C=O) groups excluding carboxylic acids is 2. The molecule has 1 rings (SSSR count). The topological polar surface area (TPSA) is 55.8 Å². The molecule has 0 aliphatic carbocycles. The van der Waals surface area contributed by atoms with Crippen LogP contribution in [-0.2, 0) is 19.1 Å². The lowest BCUT2D eigenvalue weighted by Crippen LogP contribution is -2.29. The fourth-order valence-electron chi connectivity index (χ4n) is 1.85. The number of rotatable bonds is 7. The third kappa shape index (κ3) is 7.78. The molecule has 0 unspecified atom stereocenters. The van der Waals surface area contributed by atoms with Gasteiger partial charge in [-0.2, -0.15) is 0 Å². The third-order valence-corrected chi connectivity index (χ3v) is 3.96. The molecule has 0 aliphatic heterocycles. The van der Waals surface area contributed by atoms with Crippen LogP contribution in [0.15, 0.2) is 58.0 Å². The summed E-state index contributed by atoms with van der Waals surface area (Å²) >= 11 is 1.29. The van der Waals surface area contributed by atoms with Gasteiger partial charge in [0.15, 0.2) is 0 Å². The van der Waals surface area contributed by atoms with Crippen molar-refractivity contribution in [3.05, 3.63) is 53.1 Å². The van der Waals surface area contributed by atoms with Crippen LogP contribution in [0.4, 0.5) is 0 Å². The first-order chi connectivity index (χ1) is 12.1. The smallest absolute Gasteiger partial charge is 0.355 e. The second-order valence-electron chi connectivity index (χ2n) is 6.61. The average Bonchev–Trinajstić information content (AvgIpc) is 2.53. The fourth-order valence-corrected chi connectivity index (χ4v) is 2.67. The van der Waals surface area contributed by atoms with Crippen LogP contribution in [0.25, 0.3) is 0 Å². The van der Waals surface area contributed by atoms with Crippen LogP contribution >= 0.6 is 11.8 Å². The lowest BCUT2D eigenvalue weighted by molar-refractivity contribution is -0.151. The molecular formula is C20H27NO4S. The quantitative estimate of drug-likeness (QED) is 0.310. The summed E-state index contributed by atoms with van der Waals surface area (Å²) in [5.74, 6) is -0.883. The molecule has 142 valence electrons. The lowest BCUT2D eigenvalue weighted by atomic mass is 10.2. The van der Waals surface area contributed by atoms with Gasteiger partial charge in [-0.05, 0) is 52.0 Å². The van der Waals surface area contributed by atoms with Crippen molar-refractivity contribution in [1.29, 1.82) is 0 Å². The van der Waals surface area contributed by atoms with Gasteiger partial charge in [0.05, 0.1) is 11.5 Å². The molecule has 0 amide bonds. The number of likely N-dealkylation sites (N-methyl/N-ethyl adjacent to an activating group) is 1. The fraction of sp³-hybridized carbons (Fsp3) is 0.400. The summed E-state index contributed by atoms with van der Waals surface area (Å²) in [5, 5.41) is 0. The highest BCUT2D eigenvalue weighted by Crippen LogP contribution is 2.27. The van der Waals surface area contributed by atoms with E-state index in [9.17, 15) is 9.59 Å². The molecule has 0 bridgehead atoms. The Morgan fingerprint density at radius 3 is 2.19 bits per heavy atom. The van der Waals surface area contributed by atoms with Crippen molar-refractivity contribution in [2.45, 2.75) is 38.2 Å². The predicted octanol–water partition coefficient (Wildman–Crippen LogP) is 4.01. The van der Waals surface area contributed by atoms with Gasteiger partial charge in [0.2, 0.25) is 0 Å². The van der Waals surface area contributed by atoms with E-state index in [1.54, 1.807) is 38.1 Å². The summed E-state index contributed by atoms with van der Waals surface area (Å²) in [7, 11) is 3.50. The SMILES string of the molecule is CCOC(=O)C(=CC=C(C(=O)OC(C)(C)C)N(C)C)Sc1ccccc1. The summed E-state index contributed by atoms with van der Waals surface area (Å²) in [6.45, 7) is 7.46. The highest BCUT2D eigenvalue weighted by molar-refractivity contribution is 8.04. The Morgan fingerprint density at radius 1 is 1.08 bits per heavy atom. The van der Waals surface area contributed by atoms with E-state index >= 15 is 0 Å². The Balaban J connectivity index is 3.15. The number of ether oxygens (including phenoxy) is 2. The molecule has 26 heavy (non-hydrogen) atoms. The Labute approximate surface area is 160 Å². The summed E-state index contributed by atoms with van der Waals surface area (Å²) in [6.07, 6.45) is 3.17. The van der Waals surface area contributed by atoms with Gasteiger partial charge in [0, 0.05) is 19.0 Å². The van der Waals surface area contributed by atoms with Crippen molar-refractivity contribution >= 4 is 23.7 Å². The molecule has 0 atom stereocenters. The van der Waals surface area contributed by atoms with Crippen LogP contribution in [0.5, 0.6) is 0 Å². The van der Waals surface area contributed by atoms with Crippen LogP contribution < -0.4 is 0 Å². The van der Waals surface area contributed by atoms with E-state index in [1.807, 2.05) is 51.1 Å². The Morgan fingerprint density at radius 2 is 1.69 bits per heavy atom. The molecular weight excluding hydrogens is 350 g/mol. The molecule has 0 aromatic heterocycles. The summed E-state index contributed by atoms with van der Waals surface area (Å²) in [6, 6.07) is 9.51. The van der Waals surface area contributed by atoms with Crippen molar-refractivity contribution in [3.8, 4) is 0 Å². The van der Waals surface area contributed by atoms with Crippen LogP contribution in [0, 0.1) is 0 Å². The zero-order valence-corrected chi connectivity index (χ0v) is 17.1. The van der Waals surface area contributed by atoms with Crippen molar-refractivity contribution < 1.29 is 19.1 Å². The molecule has 0 aliphatic rings. The minimum absolute atomic E-state index is 0.280. The molecule has 0 heterocycles. The number of esters is 2. The van der Waals surface area contributed by atoms with Gasteiger partial charge in [0.25, 0.3) is 0 Å². The Kier molecular flexibility index (Phi) is 8.45. The van der Waals surface area contributed by atoms with Crippen molar-refractivity contribution in [2.24, 2.45) is 0 Å². The van der Waals surface area contributed by atoms with Gasteiger partial charge in [0.1, 0.15) is 11.3 Å². The molecule has 0 saturated carbocycles. The molecule has 5 nitrogen and oxygen atoms in total. The molecule has 1 aromatic carbocycles. The molecule has 1 aromatic rings. The summed E-state index contributed by atoms with van der Waals surface area (Å²) in [5.41, 5.74) is -0.256. The number of thioether (sulfide) groups is 1. The summed E-state index contributed by atoms with van der Waals surface area (Å²) < 4.78 is 10.5. The molecule has 0 radical (unpaired) electrons. The largest absolute Gasteiger partial charge is 0.462 e. The molecule has 6 heteroatoms. The van der Waals surface area contributed by atoms with Gasteiger partial charge >= 0.3 is 11.9 Å². The van der Waals surface area contributed by atoms with Crippen molar-refractivity contribution in [3.63, 3.8) is 0 Å². The monoisotopic (exact) mass is 377 g/mol. The normalized spacial score (nSPS) is 12.5. The molecule has 0 N–H and O–H groups in total. The number of hydrogen-bond acceptors (Lipinski definition) is 6. The van der Waals surface area contributed by atoms with E-state index in [1.165, 1.54) is 11.8 Å². The number of benzene rings is 1. The number of carbonyl (C=O) groups is 2. The maximum absolute atomic E-state index is 12.4. The van der Waals surface area contributed by atoms with E-state index < -0.39 is 17.5 Å². The van der Waals surface area contributed by atoms with Gasteiger partial charge in [-0.3, -0.25) is 0 Å². The minimum Gasteiger partial charge on any atom is -0.462 e. The second-order valence-corrected chi connectivity index (χ2v) is 7.73. The zero-order chi connectivity index (χ0) is 19.7. The highest BCUT2D eigenvalue weighted by atomic mass is 32.2. The van der Waals surface area contributed by atoms with E-state index in [0.717, 1.165) is 4.90 Å². The van der Waals surface area contributed by atoms with Crippen molar-refractivity contribution in [1.82, 2.24) is 4.90 Å².